The van der Waals surface area contributed by atoms with Crippen molar-refractivity contribution >= 4 is 22.4 Å². The first-order valence-electron chi connectivity index (χ1n) is 9.44. The fourth-order valence-electron chi connectivity index (χ4n) is 3.40. The fraction of sp³-hybridized carbons (Fsp3) is 0.381. The fourth-order valence-corrected chi connectivity index (χ4v) is 4.56. The van der Waals surface area contributed by atoms with Gasteiger partial charge in [0, 0.05) is 4.88 Å². The molecule has 0 spiro atoms. The lowest BCUT2D eigenvalue weighted by molar-refractivity contribution is 0.102. The van der Waals surface area contributed by atoms with E-state index in [1.165, 1.54) is 4.88 Å². The van der Waals surface area contributed by atoms with Gasteiger partial charge in [-0.15, -0.1) is 11.3 Å². The van der Waals surface area contributed by atoms with E-state index in [-0.39, 0.29) is 5.91 Å². The smallest absolute Gasteiger partial charge is 0.261 e. The third-order valence-corrected chi connectivity index (χ3v) is 6.13. The van der Waals surface area contributed by atoms with Crippen molar-refractivity contribution in [3.63, 3.8) is 0 Å². The summed E-state index contributed by atoms with van der Waals surface area (Å²) in [7, 11) is 0. The Morgan fingerprint density at radius 1 is 1.36 bits per heavy atom. The van der Waals surface area contributed by atoms with Crippen LogP contribution in [0.3, 0.4) is 0 Å². The molecule has 0 saturated carbocycles. The van der Waals surface area contributed by atoms with Crippen LogP contribution in [0, 0.1) is 19.8 Å². The Morgan fingerprint density at radius 2 is 2.18 bits per heavy atom. The molecule has 4 rings (SSSR count). The number of aryl methyl sites for hydroxylation is 3. The number of para-hydroxylation sites is 1. The van der Waals surface area contributed by atoms with Crippen LogP contribution < -0.4 is 10.1 Å². The van der Waals surface area contributed by atoms with Crippen molar-refractivity contribution in [2.75, 3.05) is 5.32 Å². The maximum atomic E-state index is 12.9. The number of amides is 1. The Kier molecular flexibility index (Phi) is 5.17. The number of hydrogen-bond acceptors (Lipinski definition) is 6. The highest BCUT2D eigenvalue weighted by atomic mass is 32.1. The molecule has 28 heavy (non-hydrogen) atoms. The summed E-state index contributed by atoms with van der Waals surface area (Å²) in [5.74, 6) is 1.71. The highest BCUT2D eigenvalue weighted by Gasteiger charge is 2.21. The van der Waals surface area contributed by atoms with Gasteiger partial charge in [0.05, 0.1) is 22.5 Å². The molecule has 0 radical (unpaired) electrons. The molecule has 0 saturated heterocycles. The van der Waals surface area contributed by atoms with E-state index in [1.54, 1.807) is 23.5 Å². The predicted molar refractivity (Wildman–Crippen MR) is 108 cm³/mol. The monoisotopic (exact) mass is 397 g/mol. The van der Waals surface area contributed by atoms with Gasteiger partial charge in [0.2, 0.25) is 0 Å². The minimum Gasteiger partial charge on any atom is -0.488 e. The summed E-state index contributed by atoms with van der Waals surface area (Å²) in [5.41, 5.74) is 3.30. The topological polar surface area (TPSA) is 77.2 Å². The first-order valence-corrected chi connectivity index (χ1v) is 10.3. The van der Waals surface area contributed by atoms with Gasteiger partial charge in [0.25, 0.3) is 5.91 Å². The largest absolute Gasteiger partial charge is 0.488 e. The summed E-state index contributed by atoms with van der Waals surface area (Å²) in [6.45, 7) is 6.28. The number of fused-ring (bicyclic) bond motifs is 1. The molecule has 2 heterocycles. The number of ether oxygens (including phenoxy) is 1. The maximum absolute atomic E-state index is 12.9. The van der Waals surface area contributed by atoms with Gasteiger partial charge in [-0.1, -0.05) is 24.2 Å². The van der Waals surface area contributed by atoms with E-state index in [0.29, 0.717) is 29.0 Å². The molecule has 1 aromatic carbocycles. The van der Waals surface area contributed by atoms with Gasteiger partial charge < -0.3 is 9.26 Å². The highest BCUT2D eigenvalue weighted by Crippen LogP contribution is 2.32. The highest BCUT2D eigenvalue weighted by molar-refractivity contribution is 7.15. The van der Waals surface area contributed by atoms with Crippen molar-refractivity contribution in [1.29, 1.82) is 0 Å². The van der Waals surface area contributed by atoms with Gasteiger partial charge in [-0.3, -0.25) is 10.1 Å². The third-order valence-electron chi connectivity index (χ3n) is 5.09. The van der Waals surface area contributed by atoms with Crippen molar-refractivity contribution in [3.8, 4) is 5.75 Å². The first-order chi connectivity index (χ1) is 13.5. The maximum Gasteiger partial charge on any atom is 0.261 e. The lowest BCUT2D eigenvalue weighted by atomic mass is 9.93. The summed E-state index contributed by atoms with van der Waals surface area (Å²) >= 11 is 1.58. The summed E-state index contributed by atoms with van der Waals surface area (Å²) < 4.78 is 11.1. The molecule has 1 N–H and O–H groups in total. The molecule has 6 nitrogen and oxygen atoms in total. The minimum absolute atomic E-state index is 0.214. The van der Waals surface area contributed by atoms with Crippen LogP contribution in [0.5, 0.6) is 5.75 Å². The Balaban J connectivity index is 1.49. The van der Waals surface area contributed by atoms with Crippen LogP contribution in [0.15, 0.2) is 28.8 Å². The molecular weight excluding hydrogens is 374 g/mol. The number of nitrogens with one attached hydrogen (secondary N) is 1. The van der Waals surface area contributed by atoms with Crippen LogP contribution in [0.1, 0.15) is 51.3 Å². The summed E-state index contributed by atoms with van der Waals surface area (Å²) in [5, 5.41) is 7.54. The van der Waals surface area contributed by atoms with E-state index in [0.717, 1.165) is 42.0 Å². The van der Waals surface area contributed by atoms with E-state index in [9.17, 15) is 4.79 Å². The number of aromatic nitrogens is 2. The molecule has 0 bridgehead atoms. The van der Waals surface area contributed by atoms with E-state index in [4.69, 9.17) is 9.26 Å². The second kappa shape index (κ2) is 7.75. The summed E-state index contributed by atoms with van der Waals surface area (Å²) in [4.78, 5) is 18.8. The quantitative estimate of drug-likeness (QED) is 0.675. The number of benzene rings is 1. The zero-order chi connectivity index (χ0) is 19.7. The van der Waals surface area contributed by atoms with Crippen LogP contribution in [-0.4, -0.2) is 16.0 Å². The van der Waals surface area contributed by atoms with Gasteiger partial charge in [0.15, 0.2) is 5.13 Å². The molecular formula is C21H23N3O3S. The third kappa shape index (κ3) is 3.80. The molecule has 2 aromatic heterocycles. The number of hydrogen-bond donors (Lipinski definition) is 1. The Morgan fingerprint density at radius 3 is 2.96 bits per heavy atom. The number of carbonyl (C=O) groups is 1. The molecule has 146 valence electrons. The van der Waals surface area contributed by atoms with E-state index >= 15 is 0 Å². The standard InChI is InChI=1S/C21H23N3O3S/c1-12-8-9-17-19(10-12)28-21(22-17)23-20(25)15-6-4-5-7-18(15)26-11-16-13(2)24-27-14(16)3/h4-7,12H,8-11H2,1-3H3,(H,22,23,25). The van der Waals surface area contributed by atoms with Gasteiger partial charge in [-0.05, 0) is 51.2 Å². The molecule has 1 aliphatic carbocycles. The van der Waals surface area contributed by atoms with Crippen molar-refractivity contribution in [3.05, 3.63) is 57.4 Å². The lowest BCUT2D eigenvalue weighted by Gasteiger charge is -2.15. The predicted octanol–water partition coefficient (Wildman–Crippen LogP) is 4.70. The number of anilines is 1. The molecule has 3 aromatic rings. The summed E-state index contributed by atoms with van der Waals surface area (Å²) in [6, 6.07) is 7.23. The molecule has 1 unspecified atom stereocenters. The van der Waals surface area contributed by atoms with Crippen LogP contribution in [0.2, 0.25) is 0 Å². The molecule has 1 amide bonds. The zero-order valence-corrected chi connectivity index (χ0v) is 17.1. The number of thiazole rings is 1. The van der Waals surface area contributed by atoms with Crippen LogP contribution in [0.4, 0.5) is 5.13 Å². The van der Waals surface area contributed by atoms with E-state index in [1.807, 2.05) is 26.0 Å². The second-order valence-electron chi connectivity index (χ2n) is 7.28. The van der Waals surface area contributed by atoms with E-state index < -0.39 is 0 Å². The lowest BCUT2D eigenvalue weighted by Crippen LogP contribution is -2.14. The Labute approximate surface area is 167 Å². The van der Waals surface area contributed by atoms with Crippen molar-refractivity contribution in [1.82, 2.24) is 10.1 Å². The Bertz CT molecular complexity index is 989. The Hall–Kier alpha value is -2.67. The zero-order valence-electron chi connectivity index (χ0n) is 16.2. The molecule has 1 atom stereocenters. The average molecular weight is 398 g/mol. The molecule has 0 fully saturated rings. The minimum atomic E-state index is -0.214. The van der Waals surface area contributed by atoms with Gasteiger partial charge in [-0.2, -0.15) is 0 Å². The average Bonchev–Trinajstić information content (AvgIpc) is 3.22. The molecule has 0 aliphatic heterocycles. The van der Waals surface area contributed by atoms with Gasteiger partial charge in [-0.25, -0.2) is 4.98 Å². The van der Waals surface area contributed by atoms with Crippen LogP contribution in [-0.2, 0) is 19.4 Å². The van der Waals surface area contributed by atoms with Crippen LogP contribution >= 0.6 is 11.3 Å². The van der Waals surface area contributed by atoms with E-state index in [2.05, 4.69) is 22.4 Å². The number of carbonyl (C=O) groups excluding carboxylic acids is 1. The van der Waals surface area contributed by atoms with Crippen molar-refractivity contribution in [2.24, 2.45) is 5.92 Å². The van der Waals surface area contributed by atoms with Gasteiger partial charge in [0.1, 0.15) is 18.1 Å². The number of rotatable bonds is 5. The van der Waals surface area contributed by atoms with Crippen molar-refractivity contribution < 1.29 is 14.1 Å². The number of nitrogens with zero attached hydrogens (tertiary/aromatic N) is 2. The summed E-state index contributed by atoms with van der Waals surface area (Å²) in [6.07, 6.45) is 3.18. The normalized spacial score (nSPS) is 15.9. The van der Waals surface area contributed by atoms with Gasteiger partial charge >= 0.3 is 0 Å². The molecule has 1 aliphatic rings. The van der Waals surface area contributed by atoms with Crippen LogP contribution in [0.25, 0.3) is 0 Å². The molecule has 7 heteroatoms. The second-order valence-corrected chi connectivity index (χ2v) is 8.36. The first kappa shape index (κ1) is 18.7. The van der Waals surface area contributed by atoms with Crippen molar-refractivity contribution in [2.45, 2.75) is 46.6 Å². The SMILES string of the molecule is Cc1noc(C)c1COc1ccccc1C(=O)Nc1nc2c(s1)CC(C)CC2.